The molecule has 15 heavy (non-hydrogen) atoms. The van der Waals surface area contributed by atoms with Crippen LogP contribution in [0.25, 0.3) is 0 Å². The van der Waals surface area contributed by atoms with E-state index < -0.39 is 0 Å². The maximum Gasteiger partial charge on any atom is 0.0740 e. The third-order valence-electron chi connectivity index (χ3n) is 2.66. The number of halogens is 1. The summed E-state index contributed by atoms with van der Waals surface area (Å²) in [6.45, 7) is 0.550. The predicted octanol–water partition coefficient (Wildman–Crippen LogP) is 2.10. The van der Waals surface area contributed by atoms with Gasteiger partial charge in [-0.3, -0.25) is 0 Å². The Morgan fingerprint density at radius 3 is 2.87 bits per heavy atom. The maximum absolute atomic E-state index is 9.67. The van der Waals surface area contributed by atoms with Crippen LogP contribution in [0.15, 0.2) is 18.2 Å². The first-order chi connectivity index (χ1) is 7.16. The van der Waals surface area contributed by atoms with Crippen LogP contribution in [0.2, 0.25) is 5.02 Å². The Kier molecular flexibility index (Phi) is 3.03. The summed E-state index contributed by atoms with van der Waals surface area (Å²) in [4.78, 5) is 0. The molecule has 0 bridgehead atoms. The Hall–Kier alpha value is -0.930. The molecule has 0 amide bonds. The number of nitrogens with two attached hydrogens (primary N) is 1. The van der Waals surface area contributed by atoms with Crippen molar-refractivity contribution in [2.45, 2.75) is 18.9 Å². The summed E-state index contributed by atoms with van der Waals surface area (Å²) in [6, 6.07) is 5.32. The van der Waals surface area contributed by atoms with E-state index in [-0.39, 0.29) is 6.10 Å². The standard InChI is InChI=1S/C11H15ClN2O/c12-9-5-8(13)3-4-10(9)14-6-11(15)7-1-2-7/h3-5,7,11,14-15H,1-2,6,13H2. The minimum absolute atomic E-state index is 0.265. The Morgan fingerprint density at radius 1 is 1.53 bits per heavy atom. The number of nitrogens with one attached hydrogen (secondary N) is 1. The van der Waals surface area contributed by atoms with Gasteiger partial charge in [0.1, 0.15) is 0 Å². The summed E-state index contributed by atoms with van der Waals surface area (Å²) in [6.07, 6.45) is 2.01. The van der Waals surface area contributed by atoms with Gasteiger partial charge in [-0.1, -0.05) is 11.6 Å². The molecule has 0 spiro atoms. The van der Waals surface area contributed by atoms with Crippen molar-refractivity contribution >= 4 is 23.0 Å². The van der Waals surface area contributed by atoms with E-state index >= 15 is 0 Å². The van der Waals surface area contributed by atoms with Crippen LogP contribution in [-0.4, -0.2) is 17.8 Å². The summed E-state index contributed by atoms with van der Waals surface area (Å²) in [5, 5.41) is 13.4. The monoisotopic (exact) mass is 226 g/mol. The van der Waals surface area contributed by atoms with Gasteiger partial charge in [-0.15, -0.1) is 0 Å². The molecule has 4 N–H and O–H groups in total. The zero-order chi connectivity index (χ0) is 10.8. The van der Waals surface area contributed by atoms with Crippen molar-refractivity contribution in [1.82, 2.24) is 0 Å². The van der Waals surface area contributed by atoms with Gasteiger partial charge in [0.05, 0.1) is 16.8 Å². The number of anilines is 2. The second kappa shape index (κ2) is 4.29. The Bertz CT molecular complexity index is 352. The lowest BCUT2D eigenvalue weighted by Gasteiger charge is -2.13. The molecule has 1 saturated carbocycles. The number of hydrogen-bond donors (Lipinski definition) is 3. The van der Waals surface area contributed by atoms with Gasteiger partial charge in [0.25, 0.3) is 0 Å². The number of hydrogen-bond acceptors (Lipinski definition) is 3. The Labute approximate surface area is 94.2 Å². The van der Waals surface area contributed by atoms with Crippen LogP contribution in [0.3, 0.4) is 0 Å². The summed E-state index contributed by atoms with van der Waals surface area (Å²) in [7, 11) is 0. The highest BCUT2D eigenvalue weighted by molar-refractivity contribution is 6.33. The second-order valence-corrected chi connectivity index (χ2v) is 4.43. The Morgan fingerprint density at radius 2 is 2.27 bits per heavy atom. The first-order valence-corrected chi connectivity index (χ1v) is 5.51. The molecule has 4 heteroatoms. The fraction of sp³-hybridized carbons (Fsp3) is 0.455. The highest BCUT2D eigenvalue weighted by Gasteiger charge is 2.29. The summed E-state index contributed by atoms with van der Waals surface area (Å²) in [5.41, 5.74) is 7.05. The maximum atomic E-state index is 9.67. The van der Waals surface area contributed by atoms with E-state index in [2.05, 4.69) is 5.32 Å². The summed E-state index contributed by atoms with van der Waals surface area (Å²) in [5.74, 6) is 0.477. The first-order valence-electron chi connectivity index (χ1n) is 5.14. The molecule has 1 unspecified atom stereocenters. The van der Waals surface area contributed by atoms with Crippen molar-refractivity contribution < 1.29 is 5.11 Å². The van der Waals surface area contributed by atoms with Crippen LogP contribution in [0.5, 0.6) is 0 Å². The molecular weight excluding hydrogens is 212 g/mol. The lowest BCUT2D eigenvalue weighted by molar-refractivity contribution is 0.164. The van der Waals surface area contributed by atoms with E-state index in [9.17, 15) is 5.11 Å². The van der Waals surface area contributed by atoms with Gasteiger partial charge in [-0.05, 0) is 37.0 Å². The highest BCUT2D eigenvalue weighted by Crippen LogP contribution is 2.33. The molecular formula is C11H15ClN2O. The summed E-state index contributed by atoms with van der Waals surface area (Å²) >= 11 is 5.98. The average molecular weight is 227 g/mol. The molecule has 0 radical (unpaired) electrons. The van der Waals surface area contributed by atoms with E-state index in [1.54, 1.807) is 12.1 Å². The minimum atomic E-state index is -0.265. The highest BCUT2D eigenvalue weighted by atomic mass is 35.5. The SMILES string of the molecule is Nc1ccc(NCC(O)C2CC2)c(Cl)c1. The molecule has 82 valence electrons. The van der Waals surface area contributed by atoms with Gasteiger partial charge in [0, 0.05) is 12.2 Å². The molecule has 0 heterocycles. The fourth-order valence-corrected chi connectivity index (χ4v) is 1.79. The smallest absolute Gasteiger partial charge is 0.0740 e. The largest absolute Gasteiger partial charge is 0.399 e. The molecule has 1 atom stereocenters. The molecule has 0 saturated heterocycles. The van der Waals surface area contributed by atoms with E-state index in [1.165, 1.54) is 0 Å². The van der Waals surface area contributed by atoms with Gasteiger partial charge in [0.2, 0.25) is 0 Å². The topological polar surface area (TPSA) is 58.3 Å². The predicted molar refractivity (Wildman–Crippen MR) is 63.1 cm³/mol. The van der Waals surface area contributed by atoms with Crippen molar-refractivity contribution in [3.8, 4) is 0 Å². The fourth-order valence-electron chi connectivity index (χ4n) is 1.54. The third-order valence-corrected chi connectivity index (χ3v) is 2.97. The number of rotatable bonds is 4. The van der Waals surface area contributed by atoms with Crippen molar-refractivity contribution in [2.24, 2.45) is 5.92 Å². The molecule has 0 aliphatic heterocycles. The van der Waals surface area contributed by atoms with E-state index in [4.69, 9.17) is 17.3 Å². The molecule has 3 nitrogen and oxygen atoms in total. The Balaban J connectivity index is 1.92. The third kappa shape index (κ3) is 2.76. The van der Waals surface area contributed by atoms with Gasteiger partial charge in [0.15, 0.2) is 0 Å². The zero-order valence-electron chi connectivity index (χ0n) is 8.41. The number of benzene rings is 1. The van der Waals surface area contributed by atoms with Crippen LogP contribution in [0.1, 0.15) is 12.8 Å². The van der Waals surface area contributed by atoms with Crippen molar-refractivity contribution in [1.29, 1.82) is 0 Å². The molecule has 1 aliphatic carbocycles. The zero-order valence-corrected chi connectivity index (χ0v) is 9.17. The lowest BCUT2D eigenvalue weighted by Crippen LogP contribution is -2.21. The number of aliphatic hydroxyl groups is 1. The van der Waals surface area contributed by atoms with Gasteiger partial charge >= 0.3 is 0 Å². The number of nitrogen functional groups attached to an aromatic ring is 1. The molecule has 0 aromatic heterocycles. The van der Waals surface area contributed by atoms with E-state index in [0.29, 0.717) is 23.2 Å². The molecule has 2 rings (SSSR count). The molecule has 1 aliphatic rings. The van der Waals surface area contributed by atoms with Crippen molar-refractivity contribution in [3.63, 3.8) is 0 Å². The van der Waals surface area contributed by atoms with Crippen molar-refractivity contribution in [3.05, 3.63) is 23.2 Å². The summed E-state index contributed by atoms with van der Waals surface area (Å²) < 4.78 is 0. The molecule has 1 aromatic carbocycles. The second-order valence-electron chi connectivity index (χ2n) is 4.02. The van der Waals surface area contributed by atoms with Crippen LogP contribution in [0, 0.1) is 5.92 Å². The van der Waals surface area contributed by atoms with Crippen LogP contribution in [-0.2, 0) is 0 Å². The molecule has 1 fully saturated rings. The lowest BCUT2D eigenvalue weighted by atomic mass is 10.2. The normalized spacial score (nSPS) is 17.5. The minimum Gasteiger partial charge on any atom is -0.399 e. The van der Waals surface area contributed by atoms with Crippen molar-refractivity contribution in [2.75, 3.05) is 17.6 Å². The number of aliphatic hydroxyl groups excluding tert-OH is 1. The molecule has 1 aromatic rings. The van der Waals surface area contributed by atoms with Crippen LogP contribution in [0.4, 0.5) is 11.4 Å². The van der Waals surface area contributed by atoms with Gasteiger partial charge in [-0.2, -0.15) is 0 Å². The quantitative estimate of drug-likeness (QED) is 0.690. The average Bonchev–Trinajstić information content (AvgIpc) is 2.99. The van der Waals surface area contributed by atoms with E-state index in [0.717, 1.165) is 18.5 Å². The van der Waals surface area contributed by atoms with Gasteiger partial charge in [-0.25, -0.2) is 0 Å². The van der Waals surface area contributed by atoms with E-state index in [1.807, 2.05) is 6.07 Å². The van der Waals surface area contributed by atoms with Gasteiger partial charge < -0.3 is 16.2 Å². The van der Waals surface area contributed by atoms with Crippen LogP contribution >= 0.6 is 11.6 Å². The first kappa shape index (κ1) is 10.6. The van der Waals surface area contributed by atoms with Crippen LogP contribution < -0.4 is 11.1 Å².